The number of anilines is 2. The summed E-state index contributed by atoms with van der Waals surface area (Å²) in [5.74, 6) is 2.29. The zero-order valence-corrected chi connectivity index (χ0v) is 17.4. The Bertz CT molecular complexity index is 1120. The fraction of sp³-hybridized carbons (Fsp3) is 0.136. The number of aryl methyl sites for hydroxylation is 1. The Morgan fingerprint density at radius 2 is 1.90 bits per heavy atom. The summed E-state index contributed by atoms with van der Waals surface area (Å²) < 4.78 is 11.4. The molecule has 0 aliphatic rings. The number of nitrogens with one attached hydrogen (secondary N) is 1. The minimum atomic E-state index is 0.425. The smallest absolute Gasteiger partial charge is 0.143 e. The standard InChI is InChI=1S/C22H19BrN4O2/c1-15-10-16(5-8-21(15)28-12-17-4-2-3-9-24-17)27-22-19-11-18(29-13-23)6-7-20(19)25-14-26-22/h2-11,14H,12-13H2,1H3,(H,25,26,27). The van der Waals surface area contributed by atoms with E-state index in [9.17, 15) is 0 Å². The van der Waals surface area contributed by atoms with Crippen LogP contribution in [-0.2, 0) is 6.61 Å². The van der Waals surface area contributed by atoms with E-state index >= 15 is 0 Å². The molecule has 4 rings (SSSR count). The Labute approximate surface area is 177 Å². The molecule has 0 saturated heterocycles. The molecule has 4 aromatic rings. The van der Waals surface area contributed by atoms with Gasteiger partial charge in [0, 0.05) is 17.3 Å². The van der Waals surface area contributed by atoms with Crippen LogP contribution in [0.1, 0.15) is 11.3 Å². The van der Waals surface area contributed by atoms with Gasteiger partial charge in [-0.15, -0.1) is 0 Å². The van der Waals surface area contributed by atoms with E-state index in [-0.39, 0.29) is 0 Å². The quantitative estimate of drug-likeness (QED) is 0.380. The highest BCUT2D eigenvalue weighted by Crippen LogP contribution is 2.29. The van der Waals surface area contributed by atoms with Gasteiger partial charge in [0.2, 0.25) is 0 Å². The minimum Gasteiger partial charge on any atom is -0.487 e. The van der Waals surface area contributed by atoms with Crippen LogP contribution in [0, 0.1) is 6.92 Å². The molecule has 0 aliphatic carbocycles. The van der Waals surface area contributed by atoms with Crippen LogP contribution in [0.25, 0.3) is 10.9 Å². The number of aromatic nitrogens is 3. The van der Waals surface area contributed by atoms with Gasteiger partial charge in [-0.25, -0.2) is 9.97 Å². The average Bonchev–Trinajstić information content (AvgIpc) is 2.74. The van der Waals surface area contributed by atoms with Crippen LogP contribution >= 0.6 is 15.9 Å². The number of hydrogen-bond acceptors (Lipinski definition) is 6. The van der Waals surface area contributed by atoms with Gasteiger partial charge in [-0.2, -0.15) is 0 Å². The van der Waals surface area contributed by atoms with Gasteiger partial charge in [-0.3, -0.25) is 4.98 Å². The zero-order chi connectivity index (χ0) is 20.1. The summed E-state index contributed by atoms with van der Waals surface area (Å²) in [5.41, 5.74) is 4.10. The molecule has 2 heterocycles. The zero-order valence-electron chi connectivity index (χ0n) is 15.8. The first-order valence-corrected chi connectivity index (χ1v) is 10.2. The summed E-state index contributed by atoms with van der Waals surface area (Å²) in [7, 11) is 0. The lowest BCUT2D eigenvalue weighted by Gasteiger charge is -2.13. The highest BCUT2D eigenvalue weighted by atomic mass is 79.9. The molecule has 0 radical (unpaired) electrons. The number of nitrogens with zero attached hydrogens (tertiary/aromatic N) is 3. The second-order valence-electron chi connectivity index (χ2n) is 6.37. The number of pyridine rings is 1. The third-order valence-electron chi connectivity index (χ3n) is 4.37. The SMILES string of the molecule is Cc1cc(Nc2ncnc3ccc(OCBr)cc23)ccc1OCc1ccccn1. The Morgan fingerprint density at radius 1 is 0.966 bits per heavy atom. The van der Waals surface area contributed by atoms with Crippen LogP contribution in [-0.4, -0.2) is 20.5 Å². The van der Waals surface area contributed by atoms with E-state index in [1.807, 2.05) is 61.5 Å². The number of halogens is 1. The molecule has 0 spiro atoms. The van der Waals surface area contributed by atoms with Gasteiger partial charge >= 0.3 is 0 Å². The molecular weight excluding hydrogens is 432 g/mol. The molecule has 0 saturated carbocycles. The summed E-state index contributed by atoms with van der Waals surface area (Å²) >= 11 is 3.28. The van der Waals surface area contributed by atoms with Crippen molar-refractivity contribution in [3.05, 3.63) is 78.4 Å². The van der Waals surface area contributed by atoms with Crippen molar-refractivity contribution in [1.82, 2.24) is 15.0 Å². The van der Waals surface area contributed by atoms with Gasteiger partial charge < -0.3 is 14.8 Å². The Balaban J connectivity index is 1.54. The molecule has 2 aromatic heterocycles. The van der Waals surface area contributed by atoms with Crippen molar-refractivity contribution < 1.29 is 9.47 Å². The lowest BCUT2D eigenvalue weighted by atomic mass is 10.2. The molecule has 0 fully saturated rings. The maximum Gasteiger partial charge on any atom is 0.143 e. The molecule has 0 unspecified atom stereocenters. The molecule has 146 valence electrons. The number of fused-ring (bicyclic) bond motifs is 1. The van der Waals surface area contributed by atoms with Crippen molar-refractivity contribution >= 4 is 38.3 Å². The highest BCUT2D eigenvalue weighted by Gasteiger charge is 2.08. The topological polar surface area (TPSA) is 69.2 Å². The molecule has 6 nitrogen and oxygen atoms in total. The Kier molecular flexibility index (Phi) is 5.86. The van der Waals surface area contributed by atoms with Gasteiger partial charge in [-0.1, -0.05) is 6.07 Å². The van der Waals surface area contributed by atoms with E-state index in [1.165, 1.54) is 0 Å². The van der Waals surface area contributed by atoms with Crippen molar-refractivity contribution in [1.29, 1.82) is 0 Å². The number of rotatable bonds is 7. The fourth-order valence-corrected chi connectivity index (χ4v) is 3.21. The minimum absolute atomic E-state index is 0.425. The van der Waals surface area contributed by atoms with Crippen LogP contribution in [0.4, 0.5) is 11.5 Å². The maximum atomic E-state index is 5.90. The summed E-state index contributed by atoms with van der Waals surface area (Å²) in [6.07, 6.45) is 3.31. The second-order valence-corrected chi connectivity index (χ2v) is 6.83. The number of benzene rings is 2. The summed E-state index contributed by atoms with van der Waals surface area (Å²) in [6, 6.07) is 17.5. The third-order valence-corrected chi connectivity index (χ3v) is 4.60. The molecule has 1 N–H and O–H groups in total. The normalized spacial score (nSPS) is 10.7. The predicted molar refractivity (Wildman–Crippen MR) is 117 cm³/mol. The van der Waals surface area contributed by atoms with Crippen LogP contribution < -0.4 is 14.8 Å². The van der Waals surface area contributed by atoms with Gasteiger partial charge in [0.05, 0.1) is 11.2 Å². The van der Waals surface area contributed by atoms with Crippen molar-refractivity contribution in [2.75, 3.05) is 10.8 Å². The first kappa shape index (κ1) is 19.1. The summed E-state index contributed by atoms with van der Waals surface area (Å²) in [6.45, 7) is 2.44. The van der Waals surface area contributed by atoms with E-state index in [0.717, 1.165) is 45.2 Å². The first-order chi connectivity index (χ1) is 14.2. The van der Waals surface area contributed by atoms with Crippen molar-refractivity contribution in [2.45, 2.75) is 13.5 Å². The number of hydrogen-bond donors (Lipinski definition) is 1. The summed E-state index contributed by atoms with van der Waals surface area (Å²) in [4.78, 5) is 13.0. The molecule has 0 amide bonds. The maximum absolute atomic E-state index is 5.90. The molecule has 29 heavy (non-hydrogen) atoms. The second kappa shape index (κ2) is 8.87. The monoisotopic (exact) mass is 450 g/mol. The molecule has 2 aromatic carbocycles. The Morgan fingerprint density at radius 3 is 2.69 bits per heavy atom. The number of ether oxygens (including phenoxy) is 2. The van der Waals surface area contributed by atoms with Gasteiger partial charge in [-0.05, 0) is 76.9 Å². The molecule has 0 atom stereocenters. The van der Waals surface area contributed by atoms with Gasteiger partial charge in [0.25, 0.3) is 0 Å². The van der Waals surface area contributed by atoms with Crippen LogP contribution in [0.3, 0.4) is 0 Å². The van der Waals surface area contributed by atoms with Gasteiger partial charge in [0.15, 0.2) is 0 Å². The number of alkyl halides is 1. The third kappa shape index (κ3) is 4.63. The largest absolute Gasteiger partial charge is 0.487 e. The van der Waals surface area contributed by atoms with Crippen molar-refractivity contribution in [2.24, 2.45) is 0 Å². The van der Waals surface area contributed by atoms with Crippen LogP contribution in [0.2, 0.25) is 0 Å². The first-order valence-electron chi connectivity index (χ1n) is 9.07. The van der Waals surface area contributed by atoms with Crippen molar-refractivity contribution in [3.63, 3.8) is 0 Å². The fourth-order valence-electron chi connectivity index (χ4n) is 2.95. The average molecular weight is 451 g/mol. The molecule has 7 heteroatoms. The van der Waals surface area contributed by atoms with Crippen LogP contribution in [0.15, 0.2) is 67.1 Å². The van der Waals surface area contributed by atoms with Crippen molar-refractivity contribution in [3.8, 4) is 11.5 Å². The summed E-state index contributed by atoms with van der Waals surface area (Å²) in [5, 5.41) is 4.26. The van der Waals surface area contributed by atoms with E-state index in [1.54, 1.807) is 12.5 Å². The predicted octanol–water partition coefficient (Wildman–Crippen LogP) is 5.39. The molecule has 0 aliphatic heterocycles. The van der Waals surface area contributed by atoms with E-state index in [4.69, 9.17) is 9.47 Å². The van der Waals surface area contributed by atoms with Crippen LogP contribution in [0.5, 0.6) is 11.5 Å². The molecular formula is C22H19BrN4O2. The van der Waals surface area contributed by atoms with E-state index < -0.39 is 0 Å². The molecule has 0 bridgehead atoms. The lowest BCUT2D eigenvalue weighted by Crippen LogP contribution is -2.00. The Hall–Kier alpha value is -3.19. The van der Waals surface area contributed by atoms with E-state index in [0.29, 0.717) is 12.1 Å². The van der Waals surface area contributed by atoms with E-state index in [2.05, 4.69) is 36.2 Å². The highest BCUT2D eigenvalue weighted by molar-refractivity contribution is 9.09. The van der Waals surface area contributed by atoms with Gasteiger partial charge in [0.1, 0.15) is 35.8 Å². The lowest BCUT2D eigenvalue weighted by molar-refractivity contribution is 0.299.